The van der Waals surface area contributed by atoms with Gasteiger partial charge < -0.3 is 10.2 Å². The minimum absolute atomic E-state index is 0.183. The maximum Gasteiger partial charge on any atom is 0.154 e. The first-order valence-electron chi connectivity index (χ1n) is 7.57. The smallest absolute Gasteiger partial charge is 0.154 e. The highest BCUT2D eigenvalue weighted by Gasteiger charge is 2.32. The SMILES string of the molecule is ClC1=CN=C2NC=C(C3=NCCC(N4CCCC4)=N3)C2C1. The van der Waals surface area contributed by atoms with E-state index >= 15 is 0 Å². The molecule has 1 saturated heterocycles. The van der Waals surface area contributed by atoms with E-state index in [1.165, 1.54) is 18.7 Å². The zero-order chi connectivity index (χ0) is 14.2. The molecule has 110 valence electrons. The molecule has 0 bridgehead atoms. The topological polar surface area (TPSA) is 52.4 Å². The fraction of sp³-hybridized carbons (Fsp3) is 0.533. The van der Waals surface area contributed by atoms with Crippen molar-refractivity contribution in [3.8, 4) is 0 Å². The molecule has 0 aromatic carbocycles. The van der Waals surface area contributed by atoms with Gasteiger partial charge in [0.1, 0.15) is 11.7 Å². The summed E-state index contributed by atoms with van der Waals surface area (Å²) in [6.07, 6.45) is 8.00. The summed E-state index contributed by atoms with van der Waals surface area (Å²) in [6, 6.07) is 0. The van der Waals surface area contributed by atoms with Crippen LogP contribution in [0.2, 0.25) is 0 Å². The first-order chi connectivity index (χ1) is 10.3. The van der Waals surface area contributed by atoms with Crippen molar-refractivity contribution in [2.45, 2.75) is 25.7 Å². The van der Waals surface area contributed by atoms with E-state index in [0.29, 0.717) is 0 Å². The lowest BCUT2D eigenvalue weighted by atomic mass is 9.95. The molecule has 0 saturated carbocycles. The molecule has 0 aliphatic carbocycles. The van der Waals surface area contributed by atoms with Gasteiger partial charge in [0, 0.05) is 49.1 Å². The Bertz CT molecular complexity index is 608. The molecule has 1 fully saturated rings. The fourth-order valence-corrected chi connectivity index (χ4v) is 3.48. The lowest BCUT2D eigenvalue weighted by molar-refractivity contribution is 0.506. The van der Waals surface area contributed by atoms with Crippen molar-refractivity contribution in [1.29, 1.82) is 0 Å². The molecular formula is C15H18ClN5. The molecule has 6 heteroatoms. The van der Waals surface area contributed by atoms with Gasteiger partial charge >= 0.3 is 0 Å². The average Bonchev–Trinajstić information content (AvgIpc) is 3.16. The van der Waals surface area contributed by atoms with Crippen LogP contribution in [0.5, 0.6) is 0 Å². The van der Waals surface area contributed by atoms with Crippen LogP contribution < -0.4 is 5.32 Å². The molecule has 0 aromatic heterocycles. The van der Waals surface area contributed by atoms with Crippen LogP contribution in [0.25, 0.3) is 0 Å². The predicted molar refractivity (Wildman–Crippen MR) is 85.9 cm³/mol. The maximum absolute atomic E-state index is 6.13. The number of amidine groups is 3. The van der Waals surface area contributed by atoms with Crippen LogP contribution >= 0.6 is 11.6 Å². The number of likely N-dealkylation sites (tertiary alicyclic amines) is 1. The monoisotopic (exact) mass is 303 g/mol. The van der Waals surface area contributed by atoms with Crippen molar-refractivity contribution in [1.82, 2.24) is 10.2 Å². The quantitative estimate of drug-likeness (QED) is 0.808. The van der Waals surface area contributed by atoms with Crippen LogP contribution in [0.3, 0.4) is 0 Å². The highest BCUT2D eigenvalue weighted by molar-refractivity contribution is 6.30. The summed E-state index contributed by atoms with van der Waals surface area (Å²) in [5, 5.41) is 4.02. The van der Waals surface area contributed by atoms with Crippen molar-refractivity contribution >= 4 is 29.1 Å². The van der Waals surface area contributed by atoms with E-state index in [-0.39, 0.29) is 5.92 Å². The largest absolute Gasteiger partial charge is 0.360 e. The minimum Gasteiger partial charge on any atom is -0.360 e. The van der Waals surface area contributed by atoms with Crippen molar-refractivity contribution < 1.29 is 0 Å². The fourth-order valence-electron chi connectivity index (χ4n) is 3.28. The normalized spacial score (nSPS) is 28.1. The van der Waals surface area contributed by atoms with Crippen LogP contribution in [0.15, 0.2) is 38.0 Å². The van der Waals surface area contributed by atoms with E-state index in [4.69, 9.17) is 16.6 Å². The number of rotatable bonds is 1. The number of hydrogen-bond acceptors (Lipinski definition) is 5. The predicted octanol–water partition coefficient (Wildman–Crippen LogP) is 2.27. The third-order valence-corrected chi connectivity index (χ3v) is 4.64. The van der Waals surface area contributed by atoms with Crippen LogP contribution in [0, 0.1) is 5.92 Å². The maximum atomic E-state index is 6.13. The summed E-state index contributed by atoms with van der Waals surface area (Å²) >= 11 is 6.13. The van der Waals surface area contributed by atoms with Gasteiger partial charge in [-0.15, -0.1) is 0 Å². The Morgan fingerprint density at radius 3 is 3.00 bits per heavy atom. The van der Waals surface area contributed by atoms with Gasteiger partial charge in [0.15, 0.2) is 5.84 Å². The number of halogens is 1. The number of aliphatic imine (C=N–C) groups is 3. The molecule has 5 nitrogen and oxygen atoms in total. The van der Waals surface area contributed by atoms with Gasteiger partial charge in [-0.25, -0.2) is 9.98 Å². The third kappa shape index (κ3) is 2.39. The second-order valence-electron chi connectivity index (χ2n) is 5.77. The highest BCUT2D eigenvalue weighted by atomic mass is 35.5. The van der Waals surface area contributed by atoms with Crippen molar-refractivity contribution in [2.24, 2.45) is 20.9 Å². The van der Waals surface area contributed by atoms with Crippen LogP contribution in [-0.2, 0) is 0 Å². The number of allylic oxidation sites excluding steroid dienone is 1. The Hall–Kier alpha value is -1.62. The molecule has 1 atom stereocenters. The number of nitrogens with one attached hydrogen (secondary N) is 1. The molecule has 0 spiro atoms. The van der Waals surface area contributed by atoms with E-state index in [2.05, 4.69) is 20.2 Å². The Kier molecular flexibility index (Phi) is 3.30. The molecule has 1 unspecified atom stereocenters. The highest BCUT2D eigenvalue weighted by Crippen LogP contribution is 2.31. The number of nitrogens with zero attached hydrogens (tertiary/aromatic N) is 4. The Morgan fingerprint density at radius 1 is 1.29 bits per heavy atom. The molecule has 4 aliphatic rings. The molecule has 4 heterocycles. The Morgan fingerprint density at radius 2 is 2.14 bits per heavy atom. The lowest BCUT2D eigenvalue weighted by Gasteiger charge is -2.24. The second-order valence-corrected chi connectivity index (χ2v) is 6.25. The summed E-state index contributed by atoms with van der Waals surface area (Å²) in [4.78, 5) is 16.2. The van der Waals surface area contributed by atoms with Gasteiger partial charge in [-0.2, -0.15) is 0 Å². The third-order valence-electron chi connectivity index (χ3n) is 4.39. The first kappa shape index (κ1) is 13.1. The average molecular weight is 304 g/mol. The first-order valence-corrected chi connectivity index (χ1v) is 7.95. The molecule has 1 N–H and O–H groups in total. The summed E-state index contributed by atoms with van der Waals surface area (Å²) in [7, 11) is 0. The molecule has 0 aromatic rings. The summed E-state index contributed by atoms with van der Waals surface area (Å²) in [5.41, 5.74) is 1.12. The van der Waals surface area contributed by atoms with Crippen molar-refractivity contribution in [3.63, 3.8) is 0 Å². The van der Waals surface area contributed by atoms with Crippen LogP contribution in [-0.4, -0.2) is 42.0 Å². The zero-order valence-electron chi connectivity index (χ0n) is 11.8. The molecule has 0 radical (unpaired) electrons. The van der Waals surface area contributed by atoms with Gasteiger partial charge in [-0.3, -0.25) is 4.99 Å². The molecule has 4 rings (SSSR count). The summed E-state index contributed by atoms with van der Waals surface area (Å²) in [6.45, 7) is 3.09. The number of hydrogen-bond donors (Lipinski definition) is 1. The van der Waals surface area contributed by atoms with E-state index in [0.717, 1.165) is 54.8 Å². The molecular weight excluding hydrogens is 286 g/mol. The van der Waals surface area contributed by atoms with Crippen LogP contribution in [0.1, 0.15) is 25.7 Å². The Balaban J connectivity index is 1.58. The van der Waals surface area contributed by atoms with Crippen LogP contribution in [0.4, 0.5) is 0 Å². The van der Waals surface area contributed by atoms with Gasteiger partial charge in [-0.05, 0) is 19.3 Å². The number of fused-ring (bicyclic) bond motifs is 1. The molecule has 21 heavy (non-hydrogen) atoms. The van der Waals surface area contributed by atoms with E-state index in [1.807, 2.05) is 6.20 Å². The van der Waals surface area contributed by atoms with Gasteiger partial charge in [0.25, 0.3) is 0 Å². The molecule has 0 amide bonds. The summed E-state index contributed by atoms with van der Waals surface area (Å²) < 4.78 is 0. The van der Waals surface area contributed by atoms with E-state index in [9.17, 15) is 0 Å². The zero-order valence-corrected chi connectivity index (χ0v) is 12.6. The standard InChI is InChI=1S/C15H18ClN5/c16-10-7-11-12(9-19-14(11)18-8-10)15-17-4-3-13(20-15)21-5-1-2-6-21/h8-9,11H,1-7H2,(H,18,19). The summed E-state index contributed by atoms with van der Waals surface area (Å²) in [5.74, 6) is 3.20. The second kappa shape index (κ2) is 5.30. The lowest BCUT2D eigenvalue weighted by Crippen LogP contribution is -2.32. The van der Waals surface area contributed by atoms with E-state index in [1.54, 1.807) is 6.20 Å². The van der Waals surface area contributed by atoms with Crippen molar-refractivity contribution in [2.75, 3.05) is 19.6 Å². The molecule has 4 aliphatic heterocycles. The van der Waals surface area contributed by atoms with Crippen molar-refractivity contribution in [3.05, 3.63) is 23.0 Å². The van der Waals surface area contributed by atoms with Gasteiger partial charge in [0.05, 0.1) is 5.92 Å². The van der Waals surface area contributed by atoms with E-state index < -0.39 is 0 Å². The minimum atomic E-state index is 0.183. The van der Waals surface area contributed by atoms with Gasteiger partial charge in [0.2, 0.25) is 0 Å². The van der Waals surface area contributed by atoms with Gasteiger partial charge in [-0.1, -0.05) is 11.6 Å². The Labute approximate surface area is 129 Å².